The van der Waals surface area contributed by atoms with Gasteiger partial charge in [-0.3, -0.25) is 4.90 Å². The van der Waals surface area contributed by atoms with Crippen molar-refractivity contribution in [2.24, 2.45) is 0 Å². The number of hydrogen-bond acceptors (Lipinski definition) is 4. The zero-order valence-corrected chi connectivity index (χ0v) is 11.9. The Balaban J connectivity index is 1.88. The first-order valence-corrected chi connectivity index (χ1v) is 6.99. The molecular formula is C12H16BrN5. The first-order chi connectivity index (χ1) is 8.74. The first-order valence-electron chi connectivity index (χ1n) is 6.20. The van der Waals surface area contributed by atoms with Crippen molar-refractivity contribution in [2.75, 3.05) is 26.2 Å². The minimum absolute atomic E-state index is 0.306. The molecule has 3 heterocycles. The summed E-state index contributed by atoms with van der Waals surface area (Å²) in [6.07, 6.45) is 1.78. The quantitative estimate of drug-likeness (QED) is 0.886. The molecule has 6 heteroatoms. The molecule has 3 rings (SSSR count). The van der Waals surface area contributed by atoms with Gasteiger partial charge in [0.15, 0.2) is 5.65 Å². The normalized spacial score (nSPS) is 19.2. The second-order valence-corrected chi connectivity index (χ2v) is 5.52. The Hall–Kier alpha value is -0.980. The van der Waals surface area contributed by atoms with Gasteiger partial charge in [-0.25, -0.2) is 9.97 Å². The van der Waals surface area contributed by atoms with Gasteiger partial charge >= 0.3 is 0 Å². The van der Waals surface area contributed by atoms with Crippen LogP contribution in [-0.4, -0.2) is 46.0 Å². The number of nitrogens with one attached hydrogen (secondary N) is 2. The van der Waals surface area contributed by atoms with Gasteiger partial charge in [-0.15, -0.1) is 0 Å². The van der Waals surface area contributed by atoms with Crippen LogP contribution in [-0.2, 0) is 0 Å². The van der Waals surface area contributed by atoms with Gasteiger partial charge in [0.1, 0.15) is 5.82 Å². The van der Waals surface area contributed by atoms with Gasteiger partial charge in [-0.05, 0) is 28.9 Å². The summed E-state index contributed by atoms with van der Waals surface area (Å²) in [6.45, 7) is 6.42. The molecule has 5 nitrogen and oxygen atoms in total. The Morgan fingerprint density at radius 2 is 2.17 bits per heavy atom. The van der Waals surface area contributed by atoms with Crippen molar-refractivity contribution in [3.8, 4) is 0 Å². The van der Waals surface area contributed by atoms with E-state index >= 15 is 0 Å². The lowest BCUT2D eigenvalue weighted by Gasteiger charge is -2.31. The molecule has 0 radical (unpaired) electrons. The first kappa shape index (κ1) is 12.1. The summed E-state index contributed by atoms with van der Waals surface area (Å²) >= 11 is 3.43. The topological polar surface area (TPSA) is 56.8 Å². The van der Waals surface area contributed by atoms with Crippen LogP contribution < -0.4 is 5.32 Å². The standard InChI is InChI=1S/C12H16BrN5/c1-8(18-4-2-14-3-5-18)11-16-10-6-9(13)7-15-12(10)17-11/h6-8,14H,2-5H2,1H3,(H,15,16,17). The third kappa shape index (κ3) is 2.28. The summed E-state index contributed by atoms with van der Waals surface area (Å²) in [4.78, 5) is 14.7. The Labute approximate surface area is 114 Å². The maximum Gasteiger partial charge on any atom is 0.177 e. The van der Waals surface area contributed by atoms with Crippen LogP contribution in [0.3, 0.4) is 0 Å². The smallest absolute Gasteiger partial charge is 0.177 e. The molecule has 1 aliphatic heterocycles. The van der Waals surface area contributed by atoms with Crippen LogP contribution in [0.1, 0.15) is 18.8 Å². The van der Waals surface area contributed by atoms with E-state index < -0.39 is 0 Å². The van der Waals surface area contributed by atoms with Gasteiger partial charge in [0.25, 0.3) is 0 Å². The Kier molecular flexibility index (Phi) is 3.32. The maximum absolute atomic E-state index is 4.58. The number of rotatable bonds is 2. The van der Waals surface area contributed by atoms with Crippen molar-refractivity contribution < 1.29 is 0 Å². The molecule has 2 aromatic heterocycles. The van der Waals surface area contributed by atoms with Gasteiger partial charge in [0.2, 0.25) is 0 Å². The minimum atomic E-state index is 0.306. The molecule has 1 atom stereocenters. The van der Waals surface area contributed by atoms with Gasteiger partial charge in [0, 0.05) is 36.8 Å². The van der Waals surface area contributed by atoms with Crippen LogP contribution in [0.4, 0.5) is 0 Å². The fraction of sp³-hybridized carbons (Fsp3) is 0.500. The lowest BCUT2D eigenvalue weighted by atomic mass is 10.2. The number of H-pyrrole nitrogens is 1. The average molecular weight is 310 g/mol. The Morgan fingerprint density at radius 1 is 1.39 bits per heavy atom. The highest BCUT2D eigenvalue weighted by molar-refractivity contribution is 9.10. The molecule has 0 bridgehead atoms. The van der Waals surface area contributed by atoms with Crippen LogP contribution in [0.5, 0.6) is 0 Å². The van der Waals surface area contributed by atoms with Crippen molar-refractivity contribution >= 4 is 27.1 Å². The fourth-order valence-electron chi connectivity index (χ4n) is 2.33. The highest BCUT2D eigenvalue weighted by atomic mass is 79.9. The SMILES string of the molecule is CC(c1nc2ncc(Br)cc2[nH]1)N1CCNCC1. The van der Waals surface area contributed by atoms with E-state index in [1.165, 1.54) is 0 Å². The number of fused-ring (bicyclic) bond motifs is 1. The predicted molar refractivity (Wildman–Crippen MR) is 74.4 cm³/mol. The van der Waals surface area contributed by atoms with Gasteiger partial charge < -0.3 is 10.3 Å². The maximum atomic E-state index is 4.58. The third-order valence-electron chi connectivity index (χ3n) is 3.42. The van der Waals surface area contributed by atoms with Crippen molar-refractivity contribution in [1.29, 1.82) is 0 Å². The second-order valence-electron chi connectivity index (χ2n) is 4.61. The molecule has 1 aliphatic rings. The molecule has 1 fully saturated rings. The molecule has 2 aromatic rings. The van der Waals surface area contributed by atoms with Crippen molar-refractivity contribution in [1.82, 2.24) is 25.2 Å². The number of aromatic nitrogens is 3. The van der Waals surface area contributed by atoms with E-state index in [-0.39, 0.29) is 0 Å². The molecule has 0 spiro atoms. The zero-order chi connectivity index (χ0) is 12.5. The highest BCUT2D eigenvalue weighted by Crippen LogP contribution is 2.21. The van der Waals surface area contributed by atoms with E-state index in [1.54, 1.807) is 6.20 Å². The van der Waals surface area contributed by atoms with E-state index in [9.17, 15) is 0 Å². The van der Waals surface area contributed by atoms with Crippen LogP contribution in [0, 0.1) is 0 Å². The summed E-state index contributed by atoms with van der Waals surface area (Å²) in [5.74, 6) is 0.998. The highest BCUT2D eigenvalue weighted by Gasteiger charge is 2.20. The Morgan fingerprint density at radius 3 is 2.94 bits per heavy atom. The third-order valence-corrected chi connectivity index (χ3v) is 3.85. The number of aromatic amines is 1. The van der Waals surface area contributed by atoms with Gasteiger partial charge in [0.05, 0.1) is 11.6 Å². The van der Waals surface area contributed by atoms with E-state index in [1.807, 2.05) is 6.07 Å². The van der Waals surface area contributed by atoms with Crippen LogP contribution >= 0.6 is 15.9 Å². The molecule has 1 unspecified atom stereocenters. The molecular weight excluding hydrogens is 294 g/mol. The van der Waals surface area contributed by atoms with Gasteiger partial charge in [-0.2, -0.15) is 0 Å². The van der Waals surface area contributed by atoms with Crippen LogP contribution in [0.2, 0.25) is 0 Å². The van der Waals surface area contributed by atoms with Gasteiger partial charge in [-0.1, -0.05) is 0 Å². The molecule has 0 saturated carbocycles. The molecule has 0 amide bonds. The summed E-state index contributed by atoms with van der Waals surface area (Å²) in [7, 11) is 0. The second kappa shape index (κ2) is 4.95. The lowest BCUT2D eigenvalue weighted by molar-refractivity contribution is 0.180. The van der Waals surface area contributed by atoms with Crippen LogP contribution in [0.25, 0.3) is 11.2 Å². The number of hydrogen-bond donors (Lipinski definition) is 2. The van der Waals surface area contributed by atoms with Crippen LogP contribution in [0.15, 0.2) is 16.7 Å². The summed E-state index contributed by atoms with van der Waals surface area (Å²) in [5, 5.41) is 3.36. The fourth-order valence-corrected chi connectivity index (χ4v) is 2.66. The molecule has 1 saturated heterocycles. The number of nitrogens with zero attached hydrogens (tertiary/aromatic N) is 3. The van der Waals surface area contributed by atoms with E-state index in [0.29, 0.717) is 6.04 Å². The number of halogens is 1. The largest absolute Gasteiger partial charge is 0.339 e. The number of pyridine rings is 1. The molecule has 0 aliphatic carbocycles. The Bertz CT molecular complexity index is 546. The molecule has 96 valence electrons. The number of piperazine rings is 1. The predicted octanol–water partition coefficient (Wildman–Crippen LogP) is 1.69. The molecule has 2 N–H and O–H groups in total. The molecule has 0 aromatic carbocycles. The van der Waals surface area contributed by atoms with Crippen molar-refractivity contribution in [2.45, 2.75) is 13.0 Å². The average Bonchev–Trinajstić information content (AvgIpc) is 2.81. The zero-order valence-electron chi connectivity index (χ0n) is 10.3. The van der Waals surface area contributed by atoms with E-state index in [4.69, 9.17) is 0 Å². The van der Waals surface area contributed by atoms with Crippen molar-refractivity contribution in [3.05, 3.63) is 22.6 Å². The minimum Gasteiger partial charge on any atom is -0.339 e. The molecule has 18 heavy (non-hydrogen) atoms. The summed E-state index contributed by atoms with van der Waals surface area (Å²) < 4.78 is 0.972. The van der Waals surface area contributed by atoms with Crippen molar-refractivity contribution in [3.63, 3.8) is 0 Å². The monoisotopic (exact) mass is 309 g/mol. The van der Waals surface area contributed by atoms with E-state index in [2.05, 4.69) is 48.0 Å². The summed E-state index contributed by atoms with van der Waals surface area (Å²) in [6, 6.07) is 2.32. The lowest BCUT2D eigenvalue weighted by Crippen LogP contribution is -2.44. The number of imidazole rings is 1. The van der Waals surface area contributed by atoms with E-state index in [0.717, 1.165) is 47.6 Å². The summed E-state index contributed by atoms with van der Waals surface area (Å²) in [5.41, 5.74) is 1.77.